The summed E-state index contributed by atoms with van der Waals surface area (Å²) in [6, 6.07) is 12.1. The minimum atomic E-state index is 0.630. The van der Waals surface area contributed by atoms with Gasteiger partial charge < -0.3 is 4.74 Å². The van der Waals surface area contributed by atoms with E-state index in [1.54, 1.807) is 7.11 Å². The van der Waals surface area contributed by atoms with Gasteiger partial charge in [-0.3, -0.25) is 0 Å². The molecule has 0 amide bonds. The van der Waals surface area contributed by atoms with E-state index >= 15 is 0 Å². The minimum absolute atomic E-state index is 0.630. The molecular formula is C18H18N2O. The summed E-state index contributed by atoms with van der Waals surface area (Å²) in [4.78, 5) is 9.33. The Bertz CT molecular complexity index is 811. The third-order valence-electron chi connectivity index (χ3n) is 4.01. The molecular weight excluding hydrogens is 260 g/mol. The van der Waals surface area contributed by atoms with Crippen molar-refractivity contribution in [3.63, 3.8) is 0 Å². The highest BCUT2D eigenvalue weighted by atomic mass is 16.5. The van der Waals surface area contributed by atoms with Crippen molar-refractivity contribution in [3.8, 4) is 17.3 Å². The summed E-state index contributed by atoms with van der Waals surface area (Å²) >= 11 is 0. The maximum absolute atomic E-state index is 5.49. The predicted octanol–water partition coefficient (Wildman–Crippen LogP) is 4.23. The number of fused-ring (bicyclic) bond motifs is 1. The van der Waals surface area contributed by atoms with Crippen molar-refractivity contribution in [3.05, 3.63) is 53.1 Å². The van der Waals surface area contributed by atoms with Crippen LogP contribution < -0.4 is 4.74 Å². The molecule has 3 aromatic rings. The standard InChI is InChI=1S/C18H18N2O/c1-11-10-15-16(13(3)12(11)2)19-17(20-18(15)21-4)14-8-6-5-7-9-14/h5-10H,1-4H3. The summed E-state index contributed by atoms with van der Waals surface area (Å²) in [5.74, 6) is 1.33. The van der Waals surface area contributed by atoms with Gasteiger partial charge in [-0.25, -0.2) is 4.98 Å². The van der Waals surface area contributed by atoms with E-state index in [2.05, 4.69) is 31.8 Å². The number of aromatic nitrogens is 2. The second-order valence-corrected chi connectivity index (χ2v) is 5.26. The topological polar surface area (TPSA) is 35.0 Å². The van der Waals surface area contributed by atoms with Crippen LogP contribution >= 0.6 is 0 Å². The molecule has 2 aromatic carbocycles. The van der Waals surface area contributed by atoms with Crippen molar-refractivity contribution in [2.45, 2.75) is 20.8 Å². The number of benzene rings is 2. The first-order valence-electron chi connectivity index (χ1n) is 6.99. The molecule has 0 unspecified atom stereocenters. The van der Waals surface area contributed by atoms with Crippen LogP contribution in [0.1, 0.15) is 16.7 Å². The van der Waals surface area contributed by atoms with Gasteiger partial charge in [0.05, 0.1) is 18.0 Å². The van der Waals surface area contributed by atoms with Gasteiger partial charge in [-0.15, -0.1) is 0 Å². The maximum Gasteiger partial charge on any atom is 0.224 e. The smallest absolute Gasteiger partial charge is 0.224 e. The summed E-state index contributed by atoms with van der Waals surface area (Å²) in [5.41, 5.74) is 5.64. The van der Waals surface area contributed by atoms with Crippen LogP contribution in [0.25, 0.3) is 22.3 Å². The first-order valence-corrected chi connectivity index (χ1v) is 6.99. The average Bonchev–Trinajstić information content (AvgIpc) is 2.53. The molecule has 0 bridgehead atoms. The number of hydrogen-bond donors (Lipinski definition) is 0. The Morgan fingerprint density at radius 2 is 1.62 bits per heavy atom. The van der Waals surface area contributed by atoms with Gasteiger partial charge >= 0.3 is 0 Å². The molecule has 3 heteroatoms. The van der Waals surface area contributed by atoms with Crippen molar-refractivity contribution in [2.75, 3.05) is 7.11 Å². The number of nitrogens with zero attached hydrogens (tertiary/aromatic N) is 2. The Balaban J connectivity index is 2.36. The Morgan fingerprint density at radius 1 is 0.905 bits per heavy atom. The van der Waals surface area contributed by atoms with Crippen molar-refractivity contribution >= 4 is 10.9 Å². The molecule has 0 radical (unpaired) electrons. The van der Waals surface area contributed by atoms with Crippen LogP contribution in [0.15, 0.2) is 36.4 Å². The fourth-order valence-corrected chi connectivity index (χ4v) is 2.53. The predicted molar refractivity (Wildman–Crippen MR) is 85.7 cm³/mol. The van der Waals surface area contributed by atoms with Gasteiger partial charge in [0.1, 0.15) is 0 Å². The van der Waals surface area contributed by atoms with Crippen molar-refractivity contribution in [1.29, 1.82) is 0 Å². The Kier molecular flexibility index (Phi) is 3.34. The van der Waals surface area contributed by atoms with Gasteiger partial charge in [0, 0.05) is 5.56 Å². The van der Waals surface area contributed by atoms with Gasteiger partial charge in [-0.05, 0) is 43.5 Å². The van der Waals surface area contributed by atoms with Crippen LogP contribution in [-0.2, 0) is 0 Å². The number of methoxy groups -OCH3 is 1. The molecule has 0 atom stereocenters. The number of aryl methyl sites for hydroxylation is 2. The maximum atomic E-state index is 5.49. The van der Waals surface area contributed by atoms with E-state index in [4.69, 9.17) is 9.72 Å². The molecule has 0 fully saturated rings. The molecule has 0 aliphatic rings. The quantitative estimate of drug-likeness (QED) is 0.703. The molecule has 0 N–H and O–H groups in total. The second kappa shape index (κ2) is 5.17. The highest BCUT2D eigenvalue weighted by molar-refractivity contribution is 5.89. The van der Waals surface area contributed by atoms with E-state index in [-0.39, 0.29) is 0 Å². The third kappa shape index (κ3) is 2.25. The summed E-state index contributed by atoms with van der Waals surface area (Å²) in [6.07, 6.45) is 0. The number of ether oxygens (including phenoxy) is 1. The lowest BCUT2D eigenvalue weighted by atomic mass is 10.0. The zero-order valence-corrected chi connectivity index (χ0v) is 12.8. The minimum Gasteiger partial charge on any atom is -0.480 e. The van der Waals surface area contributed by atoms with E-state index in [9.17, 15) is 0 Å². The lowest BCUT2D eigenvalue weighted by molar-refractivity contribution is 0.403. The van der Waals surface area contributed by atoms with Crippen LogP contribution in [0.5, 0.6) is 5.88 Å². The summed E-state index contributed by atoms with van der Waals surface area (Å²) in [6.45, 7) is 6.33. The third-order valence-corrected chi connectivity index (χ3v) is 4.01. The summed E-state index contributed by atoms with van der Waals surface area (Å²) in [5, 5.41) is 0.970. The van der Waals surface area contributed by atoms with E-state index in [1.807, 2.05) is 30.3 Å². The van der Waals surface area contributed by atoms with Crippen molar-refractivity contribution < 1.29 is 4.74 Å². The lowest BCUT2D eigenvalue weighted by Gasteiger charge is -2.13. The van der Waals surface area contributed by atoms with Gasteiger partial charge in [0.15, 0.2) is 5.82 Å². The highest BCUT2D eigenvalue weighted by Gasteiger charge is 2.14. The normalized spacial score (nSPS) is 10.9. The van der Waals surface area contributed by atoms with Crippen molar-refractivity contribution in [1.82, 2.24) is 9.97 Å². The van der Waals surface area contributed by atoms with Crippen LogP contribution in [-0.4, -0.2) is 17.1 Å². The summed E-state index contributed by atoms with van der Waals surface area (Å²) < 4.78 is 5.49. The van der Waals surface area contributed by atoms with Gasteiger partial charge in [0.2, 0.25) is 5.88 Å². The summed E-state index contributed by atoms with van der Waals surface area (Å²) in [7, 11) is 1.65. The van der Waals surface area contributed by atoms with E-state index in [0.717, 1.165) is 16.5 Å². The highest BCUT2D eigenvalue weighted by Crippen LogP contribution is 2.31. The van der Waals surface area contributed by atoms with Crippen LogP contribution in [0.2, 0.25) is 0 Å². The second-order valence-electron chi connectivity index (χ2n) is 5.26. The molecule has 0 aliphatic heterocycles. The number of hydrogen-bond acceptors (Lipinski definition) is 3. The zero-order valence-electron chi connectivity index (χ0n) is 12.8. The monoisotopic (exact) mass is 278 g/mol. The van der Waals surface area contributed by atoms with Crippen LogP contribution in [0.3, 0.4) is 0 Å². The van der Waals surface area contributed by atoms with Crippen LogP contribution in [0.4, 0.5) is 0 Å². The van der Waals surface area contributed by atoms with Gasteiger partial charge in [-0.2, -0.15) is 4.98 Å². The zero-order chi connectivity index (χ0) is 15.0. The molecule has 3 rings (SSSR count). The molecule has 106 valence electrons. The average molecular weight is 278 g/mol. The molecule has 0 spiro atoms. The SMILES string of the molecule is COc1nc(-c2ccccc2)nc2c(C)c(C)c(C)cc12. The fourth-order valence-electron chi connectivity index (χ4n) is 2.53. The molecule has 1 aromatic heterocycles. The molecule has 1 heterocycles. The number of rotatable bonds is 2. The largest absolute Gasteiger partial charge is 0.480 e. The first kappa shape index (κ1) is 13.6. The Hall–Kier alpha value is -2.42. The van der Waals surface area contributed by atoms with Crippen molar-refractivity contribution in [2.24, 2.45) is 0 Å². The first-order chi connectivity index (χ1) is 10.1. The van der Waals surface area contributed by atoms with E-state index in [1.165, 1.54) is 16.7 Å². The Morgan fingerprint density at radius 3 is 2.29 bits per heavy atom. The lowest BCUT2D eigenvalue weighted by Crippen LogP contribution is -1.99. The van der Waals surface area contributed by atoms with E-state index in [0.29, 0.717) is 11.7 Å². The fraction of sp³-hybridized carbons (Fsp3) is 0.222. The van der Waals surface area contributed by atoms with Gasteiger partial charge in [-0.1, -0.05) is 30.3 Å². The molecule has 0 saturated carbocycles. The molecule has 0 saturated heterocycles. The van der Waals surface area contributed by atoms with Gasteiger partial charge in [0.25, 0.3) is 0 Å². The molecule has 0 aliphatic carbocycles. The molecule has 3 nitrogen and oxygen atoms in total. The molecule has 21 heavy (non-hydrogen) atoms. The van der Waals surface area contributed by atoms with E-state index < -0.39 is 0 Å². The Labute approximate surface area is 124 Å². The van der Waals surface area contributed by atoms with Crippen LogP contribution in [0, 0.1) is 20.8 Å².